The number of carbonyl (C=O) groups is 1. The fourth-order valence-electron chi connectivity index (χ4n) is 4.59. The van der Waals surface area contributed by atoms with Crippen LogP contribution in [0, 0.1) is 0 Å². The van der Waals surface area contributed by atoms with Gasteiger partial charge in [0, 0.05) is 7.11 Å². The van der Waals surface area contributed by atoms with Gasteiger partial charge in [0.25, 0.3) is 5.56 Å². The predicted molar refractivity (Wildman–Crippen MR) is 160 cm³/mol. The minimum atomic E-state index is -0.803. The Kier molecular flexibility index (Phi) is 10.4. The molecule has 1 unspecified atom stereocenters. The molecule has 2 aromatic carbocycles. The van der Waals surface area contributed by atoms with Gasteiger partial charge in [-0.25, -0.2) is 9.79 Å². The summed E-state index contributed by atoms with van der Waals surface area (Å²) in [6.07, 6.45) is 3.67. The molecule has 3 aromatic rings. The average Bonchev–Trinajstić information content (AvgIpc) is 3.30. The van der Waals surface area contributed by atoms with Gasteiger partial charge < -0.3 is 28.4 Å². The van der Waals surface area contributed by atoms with Crippen molar-refractivity contribution in [1.82, 2.24) is 4.57 Å². The molecule has 42 heavy (non-hydrogen) atoms. The van der Waals surface area contributed by atoms with Crippen LogP contribution in [0.5, 0.6) is 23.0 Å². The molecule has 2 heterocycles. The summed E-state index contributed by atoms with van der Waals surface area (Å²) in [5, 5.41) is 0. The third kappa shape index (κ3) is 6.52. The van der Waals surface area contributed by atoms with Crippen molar-refractivity contribution in [3.63, 3.8) is 0 Å². The number of methoxy groups -OCH3 is 4. The van der Waals surface area contributed by atoms with Crippen LogP contribution >= 0.6 is 11.3 Å². The Bertz CT molecular complexity index is 1640. The maximum atomic E-state index is 14.0. The first-order chi connectivity index (χ1) is 20.4. The third-order valence-corrected chi connectivity index (χ3v) is 7.71. The Morgan fingerprint density at radius 1 is 0.952 bits per heavy atom. The molecule has 0 spiro atoms. The van der Waals surface area contributed by atoms with E-state index in [-0.39, 0.29) is 24.3 Å². The van der Waals surface area contributed by atoms with Crippen LogP contribution in [0.4, 0.5) is 0 Å². The molecular formula is C31H36N2O8S. The standard InChI is InChI=1S/C31H36N2O8S/c1-7-8-13-40-23-12-10-21(18-25(23)39-6)28-27(30(35)41-15-14-36-3)19(2)32-31-33(28)29(34)26(42-31)17-20-9-11-22(37-4)24(16-20)38-5/h9-12,16-18,28H,7-8,13-15H2,1-6H3. The van der Waals surface area contributed by atoms with Crippen molar-refractivity contribution in [2.75, 3.05) is 48.3 Å². The van der Waals surface area contributed by atoms with Gasteiger partial charge in [-0.2, -0.15) is 0 Å². The lowest BCUT2D eigenvalue weighted by Crippen LogP contribution is -2.40. The number of carbonyl (C=O) groups excluding carboxylic acids is 1. The van der Waals surface area contributed by atoms with E-state index in [1.807, 2.05) is 12.1 Å². The second kappa shape index (κ2) is 14.2. The van der Waals surface area contributed by atoms with E-state index in [2.05, 4.69) is 11.9 Å². The fraction of sp³-hybridized carbons (Fsp3) is 0.387. The predicted octanol–water partition coefficient (Wildman–Crippen LogP) is 3.63. The number of nitrogens with zero attached hydrogens (tertiary/aromatic N) is 2. The highest BCUT2D eigenvalue weighted by Gasteiger charge is 2.34. The number of thiazole rings is 1. The van der Waals surface area contributed by atoms with Crippen LogP contribution in [0.15, 0.2) is 57.5 Å². The number of hydrogen-bond acceptors (Lipinski definition) is 10. The third-order valence-electron chi connectivity index (χ3n) is 6.73. The zero-order valence-corrected chi connectivity index (χ0v) is 25.5. The molecular weight excluding hydrogens is 560 g/mol. The highest BCUT2D eigenvalue weighted by Crippen LogP contribution is 2.36. The van der Waals surface area contributed by atoms with E-state index in [1.54, 1.807) is 58.6 Å². The molecule has 0 fully saturated rings. The van der Waals surface area contributed by atoms with Crippen LogP contribution < -0.4 is 33.8 Å². The van der Waals surface area contributed by atoms with Gasteiger partial charge in [0.15, 0.2) is 27.8 Å². The Morgan fingerprint density at radius 3 is 2.36 bits per heavy atom. The first-order valence-corrected chi connectivity index (χ1v) is 14.4. The monoisotopic (exact) mass is 596 g/mol. The largest absolute Gasteiger partial charge is 0.493 e. The molecule has 1 atom stereocenters. The second-order valence-electron chi connectivity index (χ2n) is 9.44. The van der Waals surface area contributed by atoms with Crippen molar-refractivity contribution in [3.05, 3.63) is 78.5 Å². The van der Waals surface area contributed by atoms with E-state index in [0.717, 1.165) is 18.4 Å². The van der Waals surface area contributed by atoms with Crippen LogP contribution in [0.2, 0.25) is 0 Å². The van der Waals surface area contributed by atoms with E-state index in [0.29, 0.717) is 50.2 Å². The van der Waals surface area contributed by atoms with Crippen molar-refractivity contribution in [1.29, 1.82) is 0 Å². The molecule has 10 nitrogen and oxygen atoms in total. The molecule has 0 N–H and O–H groups in total. The quantitative estimate of drug-likeness (QED) is 0.218. The maximum Gasteiger partial charge on any atom is 0.338 e. The average molecular weight is 597 g/mol. The summed E-state index contributed by atoms with van der Waals surface area (Å²) in [6, 6.07) is 10.0. The van der Waals surface area contributed by atoms with Crippen LogP contribution in [0.3, 0.4) is 0 Å². The highest BCUT2D eigenvalue weighted by atomic mass is 32.1. The van der Waals surface area contributed by atoms with Crippen LogP contribution in [-0.4, -0.2) is 58.8 Å². The van der Waals surface area contributed by atoms with Gasteiger partial charge in [0.05, 0.1) is 56.4 Å². The van der Waals surface area contributed by atoms with Gasteiger partial charge in [-0.15, -0.1) is 0 Å². The Labute approximate surface area is 248 Å². The van der Waals surface area contributed by atoms with Crippen molar-refractivity contribution >= 4 is 23.4 Å². The molecule has 1 aliphatic heterocycles. The summed E-state index contributed by atoms with van der Waals surface area (Å²) < 4.78 is 34.9. The smallest absolute Gasteiger partial charge is 0.338 e. The summed E-state index contributed by atoms with van der Waals surface area (Å²) in [5.74, 6) is 1.63. The zero-order valence-electron chi connectivity index (χ0n) is 24.7. The summed E-state index contributed by atoms with van der Waals surface area (Å²) in [6.45, 7) is 4.69. The molecule has 0 bridgehead atoms. The number of esters is 1. The molecule has 0 saturated heterocycles. The van der Waals surface area contributed by atoms with Gasteiger partial charge in [-0.05, 0) is 54.8 Å². The SMILES string of the molecule is CCCCOc1ccc(C2C(C(=O)OCCOC)=C(C)N=c3sc(=Cc4ccc(OC)c(OC)c4)c(=O)n32)cc1OC. The number of rotatable bonds is 13. The summed E-state index contributed by atoms with van der Waals surface area (Å²) in [7, 11) is 6.21. The molecule has 0 aliphatic carbocycles. The van der Waals surface area contributed by atoms with Crippen LogP contribution in [0.25, 0.3) is 6.08 Å². The lowest BCUT2D eigenvalue weighted by atomic mass is 9.95. The van der Waals surface area contributed by atoms with E-state index >= 15 is 0 Å². The number of fused-ring (bicyclic) bond motifs is 1. The Hall–Kier alpha value is -4.09. The van der Waals surface area contributed by atoms with Crippen LogP contribution in [-0.2, 0) is 14.3 Å². The first-order valence-electron chi connectivity index (χ1n) is 13.6. The fourth-order valence-corrected chi connectivity index (χ4v) is 5.63. The molecule has 1 aliphatic rings. The number of benzene rings is 2. The van der Waals surface area contributed by atoms with Crippen LogP contribution in [0.1, 0.15) is 43.9 Å². The molecule has 11 heteroatoms. The van der Waals surface area contributed by atoms with Crippen molar-refractivity contribution < 1.29 is 33.2 Å². The minimum absolute atomic E-state index is 0.0656. The molecule has 0 radical (unpaired) electrons. The Balaban J connectivity index is 1.87. The zero-order chi connectivity index (χ0) is 30.2. The van der Waals surface area contributed by atoms with Gasteiger partial charge in [0.2, 0.25) is 0 Å². The second-order valence-corrected chi connectivity index (χ2v) is 10.4. The van der Waals surface area contributed by atoms with E-state index in [4.69, 9.17) is 28.4 Å². The summed E-state index contributed by atoms with van der Waals surface area (Å²) >= 11 is 1.24. The normalized spacial score (nSPS) is 14.7. The number of aromatic nitrogens is 1. The topological polar surface area (TPSA) is 107 Å². The highest BCUT2D eigenvalue weighted by molar-refractivity contribution is 7.07. The molecule has 1 aromatic heterocycles. The van der Waals surface area contributed by atoms with E-state index in [9.17, 15) is 9.59 Å². The lowest BCUT2D eigenvalue weighted by Gasteiger charge is -2.25. The van der Waals surface area contributed by atoms with E-state index in [1.165, 1.54) is 23.0 Å². The van der Waals surface area contributed by atoms with Gasteiger partial charge >= 0.3 is 5.97 Å². The van der Waals surface area contributed by atoms with Crippen molar-refractivity contribution in [2.45, 2.75) is 32.7 Å². The summed E-state index contributed by atoms with van der Waals surface area (Å²) in [4.78, 5) is 32.5. The number of hydrogen-bond donors (Lipinski definition) is 0. The van der Waals surface area contributed by atoms with Gasteiger partial charge in [0.1, 0.15) is 6.61 Å². The molecule has 4 rings (SSSR count). The van der Waals surface area contributed by atoms with Crippen molar-refractivity contribution in [2.24, 2.45) is 4.99 Å². The number of allylic oxidation sites excluding steroid dienone is 1. The number of unbranched alkanes of at least 4 members (excludes halogenated alkanes) is 1. The lowest BCUT2D eigenvalue weighted by molar-refractivity contribution is -0.140. The Morgan fingerprint density at radius 2 is 1.67 bits per heavy atom. The number of ether oxygens (including phenoxy) is 6. The molecule has 0 amide bonds. The molecule has 224 valence electrons. The van der Waals surface area contributed by atoms with Gasteiger partial charge in [-0.3, -0.25) is 9.36 Å². The minimum Gasteiger partial charge on any atom is -0.493 e. The molecule has 0 saturated carbocycles. The van der Waals surface area contributed by atoms with Gasteiger partial charge in [-0.1, -0.05) is 36.8 Å². The van der Waals surface area contributed by atoms with Crippen molar-refractivity contribution in [3.8, 4) is 23.0 Å². The summed E-state index contributed by atoms with van der Waals surface area (Å²) in [5.41, 5.74) is 1.83. The van der Waals surface area contributed by atoms with E-state index < -0.39 is 12.0 Å². The maximum absolute atomic E-state index is 14.0. The first kappa shape index (κ1) is 30.9.